The van der Waals surface area contributed by atoms with Crippen molar-refractivity contribution < 1.29 is 4.79 Å². The van der Waals surface area contributed by atoms with Crippen LogP contribution in [0.2, 0.25) is 0 Å². The Hall–Kier alpha value is -1.36. The average molecular weight is 238 g/mol. The quantitative estimate of drug-likeness (QED) is 0.796. The van der Waals surface area contributed by atoms with E-state index in [0.717, 1.165) is 12.4 Å². The number of hydrogen-bond acceptors (Lipinski definition) is 3. The zero-order chi connectivity index (χ0) is 12.8. The topological polar surface area (TPSA) is 50.2 Å². The molecule has 1 rings (SSSR count). The van der Waals surface area contributed by atoms with Crippen molar-refractivity contribution in [2.24, 2.45) is 7.05 Å². The zero-order valence-corrected chi connectivity index (χ0v) is 11.1. The predicted octanol–water partition coefficient (Wildman–Crippen LogP) is 0.767. The number of aromatic nitrogens is 2. The van der Waals surface area contributed by atoms with Gasteiger partial charge in [-0.05, 0) is 13.5 Å². The molecule has 0 aliphatic rings. The van der Waals surface area contributed by atoms with E-state index in [0.29, 0.717) is 13.0 Å². The number of carbonyl (C=O) groups is 1. The third kappa shape index (κ3) is 4.19. The van der Waals surface area contributed by atoms with Crippen molar-refractivity contribution in [2.75, 3.05) is 13.6 Å². The van der Waals surface area contributed by atoms with Crippen LogP contribution >= 0.6 is 0 Å². The van der Waals surface area contributed by atoms with Crippen molar-refractivity contribution in [3.05, 3.63) is 18.2 Å². The average Bonchev–Trinajstić information content (AvgIpc) is 2.64. The van der Waals surface area contributed by atoms with Gasteiger partial charge in [-0.2, -0.15) is 0 Å². The van der Waals surface area contributed by atoms with Crippen molar-refractivity contribution in [3.63, 3.8) is 0 Å². The first-order valence-electron chi connectivity index (χ1n) is 5.98. The Labute approximate surface area is 103 Å². The van der Waals surface area contributed by atoms with E-state index in [2.05, 4.69) is 10.3 Å². The molecule has 1 aromatic rings. The molecule has 1 heterocycles. The van der Waals surface area contributed by atoms with Gasteiger partial charge in [0, 0.05) is 39.0 Å². The number of nitrogens with one attached hydrogen (secondary N) is 1. The Kier molecular flexibility index (Phi) is 5.15. The Morgan fingerprint density at radius 3 is 2.88 bits per heavy atom. The van der Waals surface area contributed by atoms with E-state index in [1.165, 1.54) is 0 Å². The molecule has 0 saturated heterocycles. The summed E-state index contributed by atoms with van der Waals surface area (Å²) in [7, 11) is 3.75. The fraction of sp³-hybridized carbons (Fsp3) is 0.667. The molecule has 17 heavy (non-hydrogen) atoms. The van der Waals surface area contributed by atoms with E-state index in [1.807, 2.05) is 38.7 Å². The fourth-order valence-corrected chi connectivity index (χ4v) is 1.69. The summed E-state index contributed by atoms with van der Waals surface area (Å²) in [5.74, 6) is 1.04. The molecule has 0 aromatic carbocycles. The molecule has 0 radical (unpaired) electrons. The summed E-state index contributed by atoms with van der Waals surface area (Å²) < 4.78 is 1.93. The summed E-state index contributed by atoms with van der Waals surface area (Å²) in [5, 5.41) is 3.23. The summed E-state index contributed by atoms with van der Waals surface area (Å²) >= 11 is 0. The van der Waals surface area contributed by atoms with E-state index < -0.39 is 0 Å². The molecule has 5 heteroatoms. The van der Waals surface area contributed by atoms with Gasteiger partial charge in [-0.1, -0.05) is 6.92 Å². The molecule has 0 spiro atoms. The third-order valence-corrected chi connectivity index (χ3v) is 2.76. The van der Waals surface area contributed by atoms with Gasteiger partial charge in [0.05, 0.1) is 6.54 Å². The van der Waals surface area contributed by atoms with Crippen molar-refractivity contribution in [2.45, 2.75) is 32.9 Å². The summed E-state index contributed by atoms with van der Waals surface area (Å²) in [6, 6.07) is 0.219. The highest BCUT2D eigenvalue weighted by Gasteiger charge is 2.14. The highest BCUT2D eigenvalue weighted by molar-refractivity contribution is 5.76. The van der Waals surface area contributed by atoms with E-state index >= 15 is 0 Å². The van der Waals surface area contributed by atoms with Crippen molar-refractivity contribution >= 4 is 5.91 Å². The van der Waals surface area contributed by atoms with Crippen LogP contribution in [0.1, 0.15) is 26.1 Å². The Bertz CT molecular complexity index is 361. The smallest absolute Gasteiger partial charge is 0.224 e. The van der Waals surface area contributed by atoms with Gasteiger partial charge in [-0.15, -0.1) is 0 Å². The summed E-state index contributed by atoms with van der Waals surface area (Å²) in [6.45, 7) is 5.51. The van der Waals surface area contributed by atoms with Crippen LogP contribution in [0.25, 0.3) is 0 Å². The van der Waals surface area contributed by atoms with Crippen LogP contribution in [0.15, 0.2) is 12.4 Å². The molecule has 1 unspecified atom stereocenters. The molecule has 1 aromatic heterocycles. The van der Waals surface area contributed by atoms with Gasteiger partial charge >= 0.3 is 0 Å². The molecule has 0 aliphatic carbocycles. The molecule has 1 N–H and O–H groups in total. The number of aryl methyl sites for hydroxylation is 1. The van der Waals surface area contributed by atoms with Gasteiger partial charge in [0.25, 0.3) is 0 Å². The number of rotatable bonds is 6. The molecule has 96 valence electrons. The lowest BCUT2D eigenvalue weighted by molar-refractivity contribution is -0.131. The van der Waals surface area contributed by atoms with Crippen molar-refractivity contribution in [1.82, 2.24) is 19.8 Å². The SMILES string of the molecule is CCNC(C)CC(=O)N(C)Cc1nccn1C. The zero-order valence-electron chi connectivity index (χ0n) is 11.1. The molecule has 0 saturated carbocycles. The monoisotopic (exact) mass is 238 g/mol. The molecular formula is C12H22N4O. The minimum Gasteiger partial charge on any atom is -0.338 e. The van der Waals surface area contributed by atoms with Crippen LogP contribution in [-0.4, -0.2) is 40.0 Å². The molecule has 0 aliphatic heterocycles. The van der Waals surface area contributed by atoms with Gasteiger partial charge in [-0.3, -0.25) is 4.79 Å². The minimum atomic E-state index is 0.140. The highest BCUT2D eigenvalue weighted by Crippen LogP contribution is 2.03. The van der Waals surface area contributed by atoms with Crippen LogP contribution < -0.4 is 5.32 Å². The number of amides is 1. The lowest BCUT2D eigenvalue weighted by Gasteiger charge is -2.19. The second kappa shape index (κ2) is 6.39. The molecule has 5 nitrogen and oxygen atoms in total. The number of carbonyl (C=O) groups excluding carboxylic acids is 1. The fourth-order valence-electron chi connectivity index (χ4n) is 1.69. The first-order chi connectivity index (χ1) is 8.04. The van der Waals surface area contributed by atoms with Gasteiger partial charge in [0.15, 0.2) is 0 Å². The number of nitrogens with zero attached hydrogens (tertiary/aromatic N) is 3. The number of hydrogen-bond donors (Lipinski definition) is 1. The largest absolute Gasteiger partial charge is 0.338 e. The summed E-state index contributed by atoms with van der Waals surface area (Å²) in [5.41, 5.74) is 0. The van der Waals surface area contributed by atoms with Gasteiger partial charge < -0.3 is 14.8 Å². The maximum absolute atomic E-state index is 11.9. The number of imidazole rings is 1. The normalized spacial score (nSPS) is 12.5. The van der Waals surface area contributed by atoms with Crippen molar-refractivity contribution in [3.8, 4) is 0 Å². The standard InChI is InChI=1S/C12H22N4O/c1-5-13-10(2)8-12(17)16(4)9-11-14-6-7-15(11)3/h6-7,10,13H,5,8-9H2,1-4H3. The maximum atomic E-state index is 11.9. The minimum absolute atomic E-state index is 0.140. The van der Waals surface area contributed by atoms with Gasteiger partial charge in [0.2, 0.25) is 5.91 Å². The van der Waals surface area contributed by atoms with Gasteiger partial charge in [-0.25, -0.2) is 4.98 Å². The lowest BCUT2D eigenvalue weighted by atomic mass is 10.2. The van der Waals surface area contributed by atoms with E-state index in [9.17, 15) is 4.79 Å². The molecular weight excluding hydrogens is 216 g/mol. The molecule has 0 bridgehead atoms. The maximum Gasteiger partial charge on any atom is 0.224 e. The first kappa shape index (κ1) is 13.7. The Morgan fingerprint density at radius 1 is 1.65 bits per heavy atom. The van der Waals surface area contributed by atoms with Crippen LogP contribution in [0.4, 0.5) is 0 Å². The van der Waals surface area contributed by atoms with Crippen LogP contribution in [0, 0.1) is 0 Å². The van der Waals surface area contributed by atoms with E-state index in [1.54, 1.807) is 11.1 Å². The lowest BCUT2D eigenvalue weighted by Crippen LogP contribution is -2.35. The first-order valence-corrected chi connectivity index (χ1v) is 5.98. The Balaban J connectivity index is 2.45. The molecule has 0 fully saturated rings. The summed E-state index contributed by atoms with van der Waals surface area (Å²) in [6.07, 6.45) is 4.15. The van der Waals surface area contributed by atoms with Gasteiger partial charge in [0.1, 0.15) is 5.82 Å². The van der Waals surface area contributed by atoms with E-state index in [-0.39, 0.29) is 11.9 Å². The second-order valence-corrected chi connectivity index (χ2v) is 4.37. The second-order valence-electron chi connectivity index (χ2n) is 4.37. The van der Waals surface area contributed by atoms with Crippen LogP contribution in [-0.2, 0) is 18.4 Å². The third-order valence-electron chi connectivity index (χ3n) is 2.76. The molecule has 1 amide bonds. The highest BCUT2D eigenvalue weighted by atomic mass is 16.2. The Morgan fingerprint density at radius 2 is 2.35 bits per heavy atom. The predicted molar refractivity (Wildman–Crippen MR) is 67.4 cm³/mol. The van der Waals surface area contributed by atoms with E-state index in [4.69, 9.17) is 0 Å². The summed E-state index contributed by atoms with van der Waals surface area (Å²) in [4.78, 5) is 17.8. The van der Waals surface area contributed by atoms with Crippen LogP contribution in [0.5, 0.6) is 0 Å². The van der Waals surface area contributed by atoms with Crippen LogP contribution in [0.3, 0.4) is 0 Å². The molecule has 1 atom stereocenters. The van der Waals surface area contributed by atoms with Crippen molar-refractivity contribution in [1.29, 1.82) is 0 Å².